The number of halogens is 1. The molecule has 4 rings (SSSR count). The van der Waals surface area contributed by atoms with Gasteiger partial charge in [-0.15, -0.1) is 0 Å². The molecule has 6 nitrogen and oxygen atoms in total. The number of amides is 1. The second kappa shape index (κ2) is 7.24. The minimum absolute atomic E-state index is 0.123. The number of nitrogen functional groups attached to an aromatic ring is 1. The minimum atomic E-state index is -0.442. The SMILES string of the molecule is CCCN1Cc2nc3c(-c4ccc(OC)cc4OC)c(F)ccc3c(N)c2C1=O. The van der Waals surface area contributed by atoms with E-state index >= 15 is 4.39 Å². The zero-order valence-corrected chi connectivity index (χ0v) is 16.6. The molecule has 0 fully saturated rings. The molecule has 0 saturated carbocycles. The third kappa shape index (κ3) is 2.93. The summed E-state index contributed by atoms with van der Waals surface area (Å²) in [5.74, 6) is 0.491. The van der Waals surface area contributed by atoms with E-state index in [0.29, 0.717) is 58.0 Å². The highest BCUT2D eigenvalue weighted by molar-refractivity contribution is 6.11. The molecule has 3 aromatic rings. The van der Waals surface area contributed by atoms with Crippen molar-refractivity contribution < 1.29 is 18.7 Å². The van der Waals surface area contributed by atoms with Crippen molar-refractivity contribution in [3.8, 4) is 22.6 Å². The van der Waals surface area contributed by atoms with Crippen LogP contribution < -0.4 is 15.2 Å². The normalized spacial score (nSPS) is 13.1. The van der Waals surface area contributed by atoms with Gasteiger partial charge >= 0.3 is 0 Å². The summed E-state index contributed by atoms with van der Waals surface area (Å²) < 4.78 is 25.7. The summed E-state index contributed by atoms with van der Waals surface area (Å²) in [7, 11) is 3.07. The number of nitrogens with zero attached hydrogens (tertiary/aromatic N) is 2. The van der Waals surface area contributed by atoms with Crippen LogP contribution in [0.5, 0.6) is 11.5 Å². The summed E-state index contributed by atoms with van der Waals surface area (Å²) in [6.45, 7) is 3.00. The first kappa shape index (κ1) is 19.0. The van der Waals surface area contributed by atoms with Crippen molar-refractivity contribution in [2.24, 2.45) is 0 Å². The standard InChI is InChI=1S/C22H22FN3O3/c1-4-9-26-11-16-19(22(26)27)20(24)14-7-8-15(23)18(21(14)25-16)13-6-5-12(28-2)10-17(13)29-3/h5-8,10H,4,9,11H2,1-3H3,(H2,24,25). The van der Waals surface area contributed by atoms with Gasteiger partial charge in [-0.1, -0.05) is 6.92 Å². The van der Waals surface area contributed by atoms with Gasteiger partial charge in [-0.3, -0.25) is 4.79 Å². The third-order valence-corrected chi connectivity index (χ3v) is 5.24. The molecule has 1 aliphatic rings. The number of carbonyl (C=O) groups excluding carboxylic acids is 1. The first-order valence-corrected chi connectivity index (χ1v) is 9.42. The molecule has 2 aromatic carbocycles. The van der Waals surface area contributed by atoms with Crippen LogP contribution >= 0.6 is 0 Å². The van der Waals surface area contributed by atoms with Crippen LogP contribution in [0.3, 0.4) is 0 Å². The number of aromatic nitrogens is 1. The van der Waals surface area contributed by atoms with Gasteiger partial charge in [-0.25, -0.2) is 9.37 Å². The van der Waals surface area contributed by atoms with Crippen molar-refractivity contribution in [1.29, 1.82) is 0 Å². The molecule has 0 saturated heterocycles. The van der Waals surface area contributed by atoms with Crippen LogP contribution in [0.1, 0.15) is 29.4 Å². The highest BCUT2D eigenvalue weighted by atomic mass is 19.1. The summed E-state index contributed by atoms with van der Waals surface area (Å²) in [5.41, 5.74) is 8.95. The van der Waals surface area contributed by atoms with Gasteiger partial charge < -0.3 is 20.1 Å². The van der Waals surface area contributed by atoms with E-state index in [1.807, 2.05) is 6.92 Å². The second-order valence-corrected chi connectivity index (χ2v) is 6.96. The lowest BCUT2D eigenvalue weighted by molar-refractivity contribution is 0.0779. The molecule has 7 heteroatoms. The van der Waals surface area contributed by atoms with Crippen LogP contribution in [0.2, 0.25) is 0 Å². The molecule has 0 unspecified atom stereocenters. The summed E-state index contributed by atoms with van der Waals surface area (Å²) in [6.07, 6.45) is 0.835. The number of carbonyl (C=O) groups is 1. The van der Waals surface area contributed by atoms with Gasteiger partial charge in [0.1, 0.15) is 17.3 Å². The Hall–Kier alpha value is -3.35. The van der Waals surface area contributed by atoms with E-state index in [9.17, 15) is 4.79 Å². The monoisotopic (exact) mass is 395 g/mol. The number of pyridine rings is 1. The average Bonchev–Trinajstić information content (AvgIpc) is 3.03. The van der Waals surface area contributed by atoms with E-state index in [0.717, 1.165) is 6.42 Å². The Morgan fingerprint density at radius 3 is 2.66 bits per heavy atom. The van der Waals surface area contributed by atoms with E-state index in [4.69, 9.17) is 15.2 Å². The lowest BCUT2D eigenvalue weighted by Crippen LogP contribution is -2.24. The Labute approximate surface area is 168 Å². The second-order valence-electron chi connectivity index (χ2n) is 6.96. The molecule has 0 bridgehead atoms. The molecule has 0 radical (unpaired) electrons. The number of anilines is 1. The van der Waals surface area contributed by atoms with Crippen molar-refractivity contribution in [2.75, 3.05) is 26.5 Å². The van der Waals surface area contributed by atoms with E-state index in [-0.39, 0.29) is 11.5 Å². The lowest BCUT2D eigenvalue weighted by Gasteiger charge is -2.15. The Morgan fingerprint density at radius 1 is 1.17 bits per heavy atom. The summed E-state index contributed by atoms with van der Waals surface area (Å²) in [5, 5.41) is 0.546. The molecule has 1 amide bonds. The Balaban J connectivity index is 1.99. The maximum atomic E-state index is 15.0. The van der Waals surface area contributed by atoms with Crippen LogP contribution in [-0.2, 0) is 6.54 Å². The highest BCUT2D eigenvalue weighted by Crippen LogP contribution is 2.41. The van der Waals surface area contributed by atoms with Crippen LogP contribution in [0.25, 0.3) is 22.0 Å². The fourth-order valence-electron chi connectivity index (χ4n) is 3.86. The zero-order valence-electron chi connectivity index (χ0n) is 16.6. The Kier molecular flexibility index (Phi) is 4.74. The van der Waals surface area contributed by atoms with Crippen LogP contribution in [0.15, 0.2) is 30.3 Å². The fraction of sp³-hybridized carbons (Fsp3) is 0.273. The molecule has 1 aliphatic heterocycles. The number of methoxy groups -OCH3 is 2. The van der Waals surface area contributed by atoms with Crippen molar-refractivity contribution in [3.63, 3.8) is 0 Å². The highest BCUT2D eigenvalue weighted by Gasteiger charge is 2.32. The van der Waals surface area contributed by atoms with Gasteiger partial charge in [0.25, 0.3) is 5.91 Å². The van der Waals surface area contributed by atoms with E-state index < -0.39 is 5.82 Å². The number of rotatable bonds is 5. The van der Waals surface area contributed by atoms with Crippen molar-refractivity contribution in [2.45, 2.75) is 19.9 Å². The van der Waals surface area contributed by atoms with E-state index in [2.05, 4.69) is 4.98 Å². The average molecular weight is 395 g/mol. The van der Waals surface area contributed by atoms with E-state index in [1.165, 1.54) is 13.2 Å². The van der Waals surface area contributed by atoms with Crippen LogP contribution in [0.4, 0.5) is 10.1 Å². The Morgan fingerprint density at radius 2 is 1.97 bits per heavy atom. The molecular formula is C22H22FN3O3. The van der Waals surface area contributed by atoms with Gasteiger partial charge in [-0.05, 0) is 30.7 Å². The smallest absolute Gasteiger partial charge is 0.258 e. The molecule has 150 valence electrons. The lowest BCUT2D eigenvalue weighted by atomic mass is 9.97. The number of hydrogen-bond donors (Lipinski definition) is 1. The Bertz CT molecular complexity index is 1130. The van der Waals surface area contributed by atoms with Crippen LogP contribution in [0, 0.1) is 5.82 Å². The topological polar surface area (TPSA) is 77.7 Å². The van der Waals surface area contributed by atoms with Gasteiger partial charge in [0.05, 0.1) is 43.2 Å². The predicted octanol–water partition coefficient (Wildman–Crippen LogP) is 4.01. The first-order chi connectivity index (χ1) is 14.0. The summed E-state index contributed by atoms with van der Waals surface area (Å²) in [6, 6.07) is 8.07. The molecule has 0 spiro atoms. The maximum absolute atomic E-state index is 15.0. The molecule has 1 aromatic heterocycles. The minimum Gasteiger partial charge on any atom is -0.497 e. The molecule has 29 heavy (non-hydrogen) atoms. The number of nitrogens with two attached hydrogens (primary N) is 1. The van der Waals surface area contributed by atoms with E-state index in [1.54, 1.807) is 36.3 Å². The number of fused-ring (bicyclic) bond motifs is 2. The maximum Gasteiger partial charge on any atom is 0.258 e. The van der Waals surface area contributed by atoms with Gasteiger partial charge in [0, 0.05) is 29.1 Å². The molecule has 2 N–H and O–H groups in total. The number of ether oxygens (including phenoxy) is 2. The zero-order chi connectivity index (χ0) is 20.7. The predicted molar refractivity (Wildman–Crippen MR) is 110 cm³/mol. The number of benzene rings is 2. The van der Waals surface area contributed by atoms with Crippen molar-refractivity contribution in [1.82, 2.24) is 9.88 Å². The quantitative estimate of drug-likeness (QED) is 0.706. The molecular weight excluding hydrogens is 373 g/mol. The first-order valence-electron chi connectivity index (χ1n) is 9.42. The van der Waals surface area contributed by atoms with Crippen LogP contribution in [-0.4, -0.2) is 36.6 Å². The molecule has 2 heterocycles. The number of hydrogen-bond acceptors (Lipinski definition) is 5. The largest absolute Gasteiger partial charge is 0.497 e. The van der Waals surface area contributed by atoms with Gasteiger partial charge in [0.2, 0.25) is 0 Å². The summed E-state index contributed by atoms with van der Waals surface area (Å²) >= 11 is 0. The third-order valence-electron chi connectivity index (χ3n) is 5.24. The summed E-state index contributed by atoms with van der Waals surface area (Å²) in [4.78, 5) is 19.1. The van der Waals surface area contributed by atoms with Crippen molar-refractivity contribution >= 4 is 22.5 Å². The fourth-order valence-corrected chi connectivity index (χ4v) is 3.86. The van der Waals surface area contributed by atoms with Gasteiger partial charge in [0.15, 0.2) is 0 Å². The molecule has 0 aliphatic carbocycles. The molecule has 0 atom stereocenters. The van der Waals surface area contributed by atoms with Crippen molar-refractivity contribution in [3.05, 3.63) is 47.4 Å². The van der Waals surface area contributed by atoms with Gasteiger partial charge in [-0.2, -0.15) is 0 Å².